The van der Waals surface area contributed by atoms with Crippen molar-refractivity contribution in [1.82, 2.24) is 15.1 Å². The maximum absolute atomic E-state index is 14.5. The van der Waals surface area contributed by atoms with E-state index >= 15 is 0 Å². The van der Waals surface area contributed by atoms with Crippen LogP contribution in [-0.2, 0) is 28.7 Å². The van der Waals surface area contributed by atoms with E-state index in [9.17, 15) is 18.0 Å². The summed E-state index contributed by atoms with van der Waals surface area (Å²) in [4.78, 5) is 12.4. The Kier molecular flexibility index (Phi) is 6.18. The number of ether oxygens (including phenoxy) is 1. The number of hydrogen-bond donors (Lipinski definition) is 2. The van der Waals surface area contributed by atoms with Gasteiger partial charge in [-0.1, -0.05) is 54.1 Å². The fourth-order valence-electron chi connectivity index (χ4n) is 3.63. The van der Waals surface area contributed by atoms with E-state index in [1.807, 2.05) is 0 Å². The number of alkyl halides is 3. The van der Waals surface area contributed by atoms with Crippen molar-refractivity contribution in [2.45, 2.75) is 18.3 Å². The van der Waals surface area contributed by atoms with Gasteiger partial charge in [0.2, 0.25) is 11.5 Å². The van der Waals surface area contributed by atoms with Gasteiger partial charge in [-0.25, -0.2) is 0 Å². The average Bonchev–Trinajstić information content (AvgIpc) is 3.14. The van der Waals surface area contributed by atoms with Crippen LogP contribution in [0.4, 0.5) is 19.0 Å². The van der Waals surface area contributed by atoms with Crippen LogP contribution in [0.15, 0.2) is 66.9 Å². The van der Waals surface area contributed by atoms with Gasteiger partial charge < -0.3 is 15.4 Å². The lowest BCUT2D eigenvalue weighted by molar-refractivity contribution is -0.262. The predicted molar refractivity (Wildman–Crippen MR) is 118 cm³/mol. The first kappa shape index (κ1) is 22.9. The zero-order chi connectivity index (χ0) is 23.6. The van der Waals surface area contributed by atoms with Crippen LogP contribution in [0.5, 0.6) is 0 Å². The molecule has 10 heteroatoms. The van der Waals surface area contributed by atoms with Gasteiger partial charge >= 0.3 is 6.18 Å². The molecule has 1 atom stereocenters. The van der Waals surface area contributed by atoms with Crippen LogP contribution in [-0.4, -0.2) is 28.5 Å². The van der Waals surface area contributed by atoms with Gasteiger partial charge in [0.05, 0.1) is 5.56 Å². The van der Waals surface area contributed by atoms with E-state index in [4.69, 9.17) is 16.3 Å². The molecule has 33 heavy (non-hydrogen) atoms. The summed E-state index contributed by atoms with van der Waals surface area (Å²) in [6.45, 7) is -0.677. The molecule has 1 aliphatic heterocycles. The van der Waals surface area contributed by atoms with E-state index < -0.39 is 24.3 Å². The molecular weight excluding hydrogens is 457 g/mol. The van der Waals surface area contributed by atoms with Gasteiger partial charge in [-0.2, -0.15) is 18.3 Å². The highest BCUT2D eigenvalue weighted by Gasteiger charge is 2.60. The Morgan fingerprint density at radius 2 is 1.88 bits per heavy atom. The summed E-state index contributed by atoms with van der Waals surface area (Å²) in [6.07, 6.45) is -2.84. The minimum atomic E-state index is -4.86. The molecule has 1 unspecified atom stereocenters. The molecular formula is C23H20ClF3N4O2. The maximum Gasteiger partial charge on any atom is 0.425 e. The van der Waals surface area contributed by atoms with Crippen molar-refractivity contribution in [3.8, 4) is 11.3 Å². The van der Waals surface area contributed by atoms with Gasteiger partial charge in [0, 0.05) is 30.4 Å². The Hall–Kier alpha value is -3.30. The van der Waals surface area contributed by atoms with Crippen molar-refractivity contribution < 1.29 is 22.7 Å². The van der Waals surface area contributed by atoms with Gasteiger partial charge in [-0.15, -0.1) is 0 Å². The second kappa shape index (κ2) is 8.92. The number of aryl methyl sites for hydroxylation is 1. The maximum atomic E-state index is 14.5. The molecule has 0 saturated heterocycles. The number of fused-ring (bicyclic) bond motifs is 1. The minimum Gasteiger partial charge on any atom is -0.350 e. The van der Waals surface area contributed by atoms with Gasteiger partial charge in [-0.05, 0) is 23.8 Å². The quantitative estimate of drug-likeness (QED) is 0.538. The average molecular weight is 477 g/mol. The van der Waals surface area contributed by atoms with Crippen molar-refractivity contribution in [3.05, 3.63) is 83.0 Å². The van der Waals surface area contributed by atoms with E-state index in [2.05, 4.69) is 15.7 Å². The molecule has 2 N–H and O–H groups in total. The molecule has 0 aliphatic carbocycles. The van der Waals surface area contributed by atoms with E-state index in [-0.39, 0.29) is 23.6 Å². The van der Waals surface area contributed by atoms with Gasteiger partial charge in [0.25, 0.3) is 0 Å². The summed E-state index contributed by atoms with van der Waals surface area (Å²) in [5.41, 5.74) is -1.69. The summed E-state index contributed by atoms with van der Waals surface area (Å²) in [5.74, 6) is -0.553. The summed E-state index contributed by atoms with van der Waals surface area (Å²) >= 11 is 5.84. The molecule has 172 valence electrons. The van der Waals surface area contributed by atoms with Crippen molar-refractivity contribution in [3.63, 3.8) is 0 Å². The third kappa shape index (κ3) is 4.46. The monoisotopic (exact) mass is 476 g/mol. The highest BCUT2D eigenvalue weighted by molar-refractivity contribution is 6.30. The number of nitrogens with one attached hydrogen (secondary N) is 2. The fourth-order valence-corrected chi connectivity index (χ4v) is 3.76. The molecule has 0 radical (unpaired) electrons. The number of nitrogens with zero attached hydrogens (tertiary/aromatic N) is 2. The van der Waals surface area contributed by atoms with E-state index in [0.29, 0.717) is 10.6 Å². The lowest BCUT2D eigenvalue weighted by Gasteiger charge is -2.35. The highest BCUT2D eigenvalue weighted by atomic mass is 35.5. The number of amides is 1. The number of rotatable bonds is 6. The minimum absolute atomic E-state index is 0.115. The van der Waals surface area contributed by atoms with Crippen LogP contribution < -0.4 is 10.6 Å². The number of benzene rings is 2. The first-order chi connectivity index (χ1) is 15.7. The summed E-state index contributed by atoms with van der Waals surface area (Å²) < 4.78 is 50.3. The SMILES string of the molecule is Cn1nc(-c2ccccc2)c2c1NC=CC2(OCC(=O)NCc1ccc(Cl)cc1)C(F)(F)F. The molecule has 1 amide bonds. The number of carbonyl (C=O) groups is 1. The van der Waals surface area contributed by atoms with Crippen LogP contribution in [0.2, 0.25) is 5.02 Å². The number of carbonyl (C=O) groups excluding carboxylic acids is 1. The summed E-state index contributed by atoms with van der Waals surface area (Å²) in [5, 5.41) is 10.2. The van der Waals surface area contributed by atoms with Crippen molar-refractivity contribution in [2.24, 2.45) is 7.05 Å². The molecule has 0 fully saturated rings. The molecule has 2 aromatic carbocycles. The third-order valence-corrected chi connectivity index (χ3v) is 5.51. The first-order valence-electron chi connectivity index (χ1n) is 10.0. The molecule has 0 bridgehead atoms. The van der Waals surface area contributed by atoms with Crippen molar-refractivity contribution in [1.29, 1.82) is 0 Å². The van der Waals surface area contributed by atoms with E-state index in [1.165, 1.54) is 11.7 Å². The van der Waals surface area contributed by atoms with Crippen LogP contribution in [0.1, 0.15) is 11.1 Å². The third-order valence-electron chi connectivity index (χ3n) is 5.26. The topological polar surface area (TPSA) is 68.2 Å². The van der Waals surface area contributed by atoms with Gasteiger partial charge in [-0.3, -0.25) is 9.48 Å². The molecule has 1 aromatic heterocycles. The zero-order valence-corrected chi connectivity index (χ0v) is 18.2. The number of aromatic nitrogens is 2. The highest BCUT2D eigenvalue weighted by Crippen LogP contribution is 2.51. The molecule has 3 aromatic rings. The zero-order valence-electron chi connectivity index (χ0n) is 17.5. The Bertz CT molecular complexity index is 1180. The predicted octanol–water partition coefficient (Wildman–Crippen LogP) is 4.77. The Balaban J connectivity index is 1.62. The first-order valence-corrected chi connectivity index (χ1v) is 10.4. The smallest absolute Gasteiger partial charge is 0.350 e. The second-order valence-electron chi connectivity index (χ2n) is 7.46. The Morgan fingerprint density at radius 1 is 1.18 bits per heavy atom. The number of hydrogen-bond acceptors (Lipinski definition) is 4. The van der Waals surface area contributed by atoms with Crippen molar-refractivity contribution in [2.75, 3.05) is 11.9 Å². The van der Waals surface area contributed by atoms with Gasteiger partial charge in [0.15, 0.2) is 0 Å². The summed E-state index contributed by atoms with van der Waals surface area (Å²) in [6, 6.07) is 15.3. The Morgan fingerprint density at radius 3 is 2.55 bits per heavy atom. The molecule has 4 rings (SSSR count). The lowest BCUT2D eigenvalue weighted by atomic mass is 9.88. The molecule has 6 nitrogen and oxygen atoms in total. The van der Waals surface area contributed by atoms with Gasteiger partial charge in [0.1, 0.15) is 18.1 Å². The van der Waals surface area contributed by atoms with Crippen LogP contribution >= 0.6 is 11.6 Å². The number of halogens is 4. The van der Waals surface area contributed by atoms with E-state index in [0.717, 1.165) is 17.8 Å². The lowest BCUT2D eigenvalue weighted by Crippen LogP contribution is -2.47. The normalized spacial score (nSPS) is 17.4. The second-order valence-corrected chi connectivity index (χ2v) is 7.90. The van der Waals surface area contributed by atoms with Crippen LogP contribution in [0.25, 0.3) is 11.3 Å². The molecule has 0 spiro atoms. The largest absolute Gasteiger partial charge is 0.425 e. The van der Waals surface area contributed by atoms with Crippen LogP contribution in [0.3, 0.4) is 0 Å². The molecule has 0 saturated carbocycles. The number of anilines is 1. The molecule has 1 aliphatic rings. The Labute approximate surface area is 193 Å². The van der Waals surface area contributed by atoms with E-state index in [1.54, 1.807) is 54.6 Å². The summed E-state index contributed by atoms with van der Waals surface area (Å²) in [7, 11) is 1.54. The molecule has 2 heterocycles. The van der Waals surface area contributed by atoms with Crippen LogP contribution in [0, 0.1) is 0 Å². The fraction of sp³-hybridized carbons (Fsp3) is 0.217. The standard InChI is InChI=1S/C23H20ClF3N4O2/c1-31-21-19(20(30-31)16-5-3-2-4-6-16)22(11-12-28-21,23(25,26)27)33-14-18(32)29-13-15-7-9-17(24)10-8-15/h2-12,28H,13-14H2,1H3,(H,29,32). The van der Waals surface area contributed by atoms with Crippen molar-refractivity contribution >= 4 is 23.3 Å².